The number of carbonyl (C=O) groups excluding carboxylic acids is 6. The SMILES string of the molecule is NCCCCC(N)C(=O)NCCNC(=O)C(CCCCN)NC(=O)c1nc(N)c(C(=O)NC(CCCCN)C(=O)NCCNC(=O)C(N)CCCCN)nc1N. The molecule has 0 spiro atoms. The van der Waals surface area contributed by atoms with Gasteiger partial charge in [-0.2, -0.15) is 0 Å². The standard InChI is InChI=1S/C34H66N16O6/c35-13-5-1-9-21(39)29(51)43-17-19-45-31(53)23(11-3-7-15-37)47-33(55)25-27(41)50-26(28(42)49-25)34(56)48-24(12-4-8-16-38)32(54)46-20-18-44-30(52)22(40)10-2-6-14-36/h21-24H,1-20,35-40H2,(H2,42,49)(H2,41,50)(H,43,51)(H,44,52)(H,45,53)(H,46,54)(H,47,55)(H,48,56). The molecule has 318 valence electrons. The zero-order chi connectivity index (χ0) is 41.9. The largest absolute Gasteiger partial charge is 0.382 e. The van der Waals surface area contributed by atoms with E-state index in [1.807, 2.05) is 0 Å². The van der Waals surface area contributed by atoms with E-state index in [-0.39, 0.29) is 50.8 Å². The van der Waals surface area contributed by atoms with E-state index in [0.29, 0.717) is 64.7 Å². The minimum absolute atomic E-state index is 0.0640. The lowest BCUT2D eigenvalue weighted by molar-refractivity contribution is -0.124. The summed E-state index contributed by atoms with van der Waals surface area (Å²) >= 11 is 0. The molecular formula is C34H66N16O6. The van der Waals surface area contributed by atoms with Gasteiger partial charge in [-0.05, 0) is 90.4 Å². The molecule has 0 aromatic carbocycles. The third-order valence-corrected chi connectivity index (χ3v) is 8.58. The van der Waals surface area contributed by atoms with Crippen LogP contribution < -0.4 is 77.8 Å². The lowest BCUT2D eigenvalue weighted by Crippen LogP contribution is -2.50. The molecule has 22 N–H and O–H groups in total. The number of nitrogens with one attached hydrogen (secondary N) is 6. The van der Waals surface area contributed by atoms with Crippen molar-refractivity contribution in [2.45, 2.75) is 101 Å². The van der Waals surface area contributed by atoms with Crippen LogP contribution in [0.15, 0.2) is 0 Å². The summed E-state index contributed by atoms with van der Waals surface area (Å²) in [5, 5.41) is 15.8. The zero-order valence-corrected chi connectivity index (χ0v) is 32.4. The van der Waals surface area contributed by atoms with Gasteiger partial charge in [-0.15, -0.1) is 0 Å². The molecule has 6 amide bonds. The summed E-state index contributed by atoms with van der Waals surface area (Å²) in [5.41, 5.74) is 45.2. The van der Waals surface area contributed by atoms with Crippen LogP contribution in [-0.2, 0) is 19.2 Å². The van der Waals surface area contributed by atoms with Crippen molar-refractivity contribution in [2.24, 2.45) is 34.4 Å². The molecule has 1 aromatic rings. The Bertz CT molecular complexity index is 1280. The second-order valence-corrected chi connectivity index (χ2v) is 13.3. The topological polar surface area (TPSA) is 409 Å². The molecule has 0 bridgehead atoms. The molecule has 1 heterocycles. The predicted octanol–water partition coefficient (Wildman–Crippen LogP) is -4.53. The molecule has 1 rings (SSSR count). The fourth-order valence-electron chi connectivity index (χ4n) is 5.30. The van der Waals surface area contributed by atoms with Crippen molar-refractivity contribution in [3.63, 3.8) is 0 Å². The fourth-order valence-corrected chi connectivity index (χ4v) is 5.30. The first kappa shape index (κ1) is 49.3. The van der Waals surface area contributed by atoms with Crippen molar-refractivity contribution >= 4 is 47.1 Å². The maximum absolute atomic E-state index is 13.3. The molecule has 4 atom stereocenters. The smallest absolute Gasteiger partial charge is 0.274 e. The first-order valence-electron chi connectivity index (χ1n) is 19.3. The van der Waals surface area contributed by atoms with Crippen molar-refractivity contribution in [3.05, 3.63) is 11.4 Å². The number of unbranched alkanes of at least 4 members (excludes halogenated alkanes) is 4. The van der Waals surface area contributed by atoms with Gasteiger partial charge in [0.1, 0.15) is 12.1 Å². The number of carbonyl (C=O) groups is 6. The van der Waals surface area contributed by atoms with Crippen LogP contribution >= 0.6 is 0 Å². The highest BCUT2D eigenvalue weighted by Crippen LogP contribution is 2.15. The van der Waals surface area contributed by atoms with Crippen LogP contribution in [0.2, 0.25) is 0 Å². The minimum atomic E-state index is -1.03. The van der Waals surface area contributed by atoms with Crippen molar-refractivity contribution in [2.75, 3.05) is 63.8 Å². The second kappa shape index (κ2) is 28.6. The summed E-state index contributed by atoms with van der Waals surface area (Å²) in [7, 11) is 0. The van der Waals surface area contributed by atoms with Crippen LogP contribution in [0, 0.1) is 0 Å². The van der Waals surface area contributed by atoms with Crippen molar-refractivity contribution in [3.8, 4) is 0 Å². The van der Waals surface area contributed by atoms with E-state index >= 15 is 0 Å². The first-order valence-corrected chi connectivity index (χ1v) is 19.3. The van der Waals surface area contributed by atoms with Crippen LogP contribution in [0.5, 0.6) is 0 Å². The van der Waals surface area contributed by atoms with Gasteiger partial charge in [0, 0.05) is 26.2 Å². The van der Waals surface area contributed by atoms with Crippen LogP contribution in [0.25, 0.3) is 0 Å². The normalized spacial score (nSPS) is 13.1. The number of amides is 6. The molecule has 0 fully saturated rings. The van der Waals surface area contributed by atoms with E-state index in [1.165, 1.54) is 0 Å². The maximum Gasteiger partial charge on any atom is 0.274 e. The summed E-state index contributed by atoms with van der Waals surface area (Å²) < 4.78 is 0. The molecule has 56 heavy (non-hydrogen) atoms. The number of rotatable bonds is 30. The van der Waals surface area contributed by atoms with Gasteiger partial charge in [0.15, 0.2) is 23.0 Å². The van der Waals surface area contributed by atoms with E-state index in [1.54, 1.807) is 0 Å². The third-order valence-electron chi connectivity index (χ3n) is 8.58. The Morgan fingerprint density at radius 3 is 1.04 bits per heavy atom. The van der Waals surface area contributed by atoms with E-state index in [9.17, 15) is 28.8 Å². The number of nitrogens with two attached hydrogens (primary N) is 8. The molecule has 0 saturated heterocycles. The van der Waals surface area contributed by atoms with Crippen molar-refractivity contribution in [1.29, 1.82) is 0 Å². The lowest BCUT2D eigenvalue weighted by Gasteiger charge is -2.20. The highest BCUT2D eigenvalue weighted by molar-refractivity contribution is 6.03. The minimum Gasteiger partial charge on any atom is -0.382 e. The Hall–Kier alpha value is -4.74. The average molecular weight is 795 g/mol. The first-order chi connectivity index (χ1) is 26.8. The van der Waals surface area contributed by atoms with Crippen LogP contribution in [-0.4, -0.2) is 122 Å². The molecule has 0 saturated carbocycles. The van der Waals surface area contributed by atoms with Gasteiger partial charge >= 0.3 is 0 Å². The van der Waals surface area contributed by atoms with Gasteiger partial charge in [0.25, 0.3) is 11.8 Å². The number of aromatic nitrogens is 2. The molecule has 0 aliphatic carbocycles. The number of hydrogen-bond acceptors (Lipinski definition) is 16. The van der Waals surface area contributed by atoms with Gasteiger partial charge < -0.3 is 77.8 Å². The summed E-state index contributed by atoms with van der Waals surface area (Å²) in [6.45, 7) is 2.11. The van der Waals surface area contributed by atoms with Crippen molar-refractivity contribution in [1.82, 2.24) is 41.9 Å². The van der Waals surface area contributed by atoms with Crippen LogP contribution in [0.3, 0.4) is 0 Å². The molecule has 0 aliphatic rings. The molecule has 4 unspecified atom stereocenters. The monoisotopic (exact) mass is 795 g/mol. The molecule has 22 heteroatoms. The van der Waals surface area contributed by atoms with Gasteiger partial charge in [0.2, 0.25) is 23.6 Å². The Kier molecular flexibility index (Phi) is 25.2. The number of anilines is 2. The maximum atomic E-state index is 13.3. The van der Waals surface area contributed by atoms with Gasteiger partial charge in [-0.1, -0.05) is 12.8 Å². The van der Waals surface area contributed by atoms with Crippen LogP contribution in [0.1, 0.15) is 98.0 Å². The Labute approximate surface area is 328 Å². The second-order valence-electron chi connectivity index (χ2n) is 13.3. The van der Waals surface area contributed by atoms with E-state index < -0.39 is 70.8 Å². The number of nitrogen functional groups attached to an aromatic ring is 2. The summed E-state index contributed by atoms with van der Waals surface area (Å²) in [6.07, 6.45) is 6.54. The Morgan fingerprint density at radius 2 is 0.732 bits per heavy atom. The summed E-state index contributed by atoms with van der Waals surface area (Å²) in [4.78, 5) is 85.2. The predicted molar refractivity (Wildman–Crippen MR) is 213 cm³/mol. The third kappa shape index (κ3) is 19.2. The van der Waals surface area contributed by atoms with Gasteiger partial charge in [0.05, 0.1) is 12.1 Å². The van der Waals surface area contributed by atoms with E-state index in [0.717, 1.165) is 25.7 Å². The Morgan fingerprint density at radius 1 is 0.446 bits per heavy atom. The molecule has 0 aliphatic heterocycles. The van der Waals surface area contributed by atoms with E-state index in [2.05, 4.69) is 41.9 Å². The van der Waals surface area contributed by atoms with Crippen molar-refractivity contribution < 1.29 is 28.8 Å². The highest BCUT2D eigenvalue weighted by Gasteiger charge is 2.28. The summed E-state index contributed by atoms with van der Waals surface area (Å²) in [6, 6.07) is -3.46. The molecule has 1 aromatic heterocycles. The highest BCUT2D eigenvalue weighted by atomic mass is 16.2. The van der Waals surface area contributed by atoms with Gasteiger partial charge in [-0.3, -0.25) is 28.8 Å². The fraction of sp³-hybridized carbons (Fsp3) is 0.706. The van der Waals surface area contributed by atoms with Crippen LogP contribution in [0.4, 0.5) is 11.6 Å². The Balaban J connectivity index is 2.91. The number of nitrogens with zero attached hydrogens (tertiary/aromatic N) is 2. The van der Waals surface area contributed by atoms with Gasteiger partial charge in [-0.25, -0.2) is 9.97 Å². The zero-order valence-electron chi connectivity index (χ0n) is 32.4. The summed E-state index contributed by atoms with van der Waals surface area (Å²) in [5.74, 6) is -4.42. The quantitative estimate of drug-likeness (QED) is 0.0326. The lowest BCUT2D eigenvalue weighted by atomic mass is 10.1. The van der Waals surface area contributed by atoms with E-state index in [4.69, 9.17) is 45.9 Å². The molecular weight excluding hydrogens is 728 g/mol. The average Bonchev–Trinajstić information content (AvgIpc) is 3.17. The molecule has 0 radical (unpaired) electrons. The number of hydrogen-bond donors (Lipinski definition) is 14. The molecule has 22 nitrogen and oxygen atoms in total.